The van der Waals surface area contributed by atoms with Gasteiger partial charge >= 0.3 is 0 Å². The highest BCUT2D eigenvalue weighted by atomic mass is 79.9. The molecule has 1 aliphatic rings. The molecule has 1 heterocycles. The average Bonchev–Trinajstić information content (AvgIpc) is 2.75. The third-order valence-electron chi connectivity index (χ3n) is 2.93. The first kappa shape index (κ1) is 17.7. The second kappa shape index (κ2) is 6.83. The number of β-amino-alcohol motifs (C(OH)–C–C–N with tert-alkyl or cyclic N) is 1. The summed E-state index contributed by atoms with van der Waals surface area (Å²) in [6, 6.07) is 1.03. The van der Waals surface area contributed by atoms with E-state index in [4.69, 9.17) is 28.3 Å². The fourth-order valence-electron chi connectivity index (χ4n) is 1.89. The molecule has 1 aromatic carbocycles. The van der Waals surface area contributed by atoms with Crippen LogP contribution in [0.5, 0.6) is 0 Å². The molecule has 0 aromatic heterocycles. The van der Waals surface area contributed by atoms with Crippen molar-refractivity contribution >= 4 is 62.3 Å². The Morgan fingerprint density at radius 1 is 1.39 bits per heavy atom. The molecule has 0 atom stereocenters. The molecule has 0 saturated heterocycles. The van der Waals surface area contributed by atoms with Crippen LogP contribution in [0.4, 0.5) is 11.4 Å². The van der Waals surface area contributed by atoms with E-state index in [1.54, 1.807) is 0 Å². The van der Waals surface area contributed by atoms with Crippen LogP contribution < -0.4 is 5.32 Å². The molecule has 0 fully saturated rings. The van der Waals surface area contributed by atoms with Gasteiger partial charge in [0.2, 0.25) is 0 Å². The lowest BCUT2D eigenvalue weighted by atomic mass is 10.2. The molecule has 23 heavy (non-hydrogen) atoms. The van der Waals surface area contributed by atoms with Gasteiger partial charge in [-0.3, -0.25) is 24.6 Å². The Kier molecular flexibility index (Phi) is 5.25. The first-order valence-corrected chi connectivity index (χ1v) is 7.60. The van der Waals surface area contributed by atoms with Crippen LogP contribution >= 0.6 is 39.1 Å². The Morgan fingerprint density at radius 3 is 2.61 bits per heavy atom. The van der Waals surface area contributed by atoms with Gasteiger partial charge in [-0.05, 0) is 15.9 Å². The standard InChI is InChI=1S/C12H8BrCl2N3O5/c13-9-10(15)5(14)3-7(18(22)23)11(9)16-6-4-8(20)17(1-2-19)12(6)21/h3-4,16,19H,1-2H2. The van der Waals surface area contributed by atoms with Gasteiger partial charge in [0.1, 0.15) is 11.4 Å². The maximum absolute atomic E-state index is 12.1. The van der Waals surface area contributed by atoms with Crippen molar-refractivity contribution in [2.75, 3.05) is 18.5 Å². The van der Waals surface area contributed by atoms with E-state index in [-0.39, 0.29) is 32.4 Å². The Labute approximate surface area is 147 Å². The van der Waals surface area contributed by atoms with Gasteiger partial charge in [-0.25, -0.2) is 0 Å². The van der Waals surface area contributed by atoms with Crippen molar-refractivity contribution < 1.29 is 19.6 Å². The minimum Gasteiger partial charge on any atom is -0.395 e. The number of benzene rings is 1. The fraction of sp³-hybridized carbons (Fsp3) is 0.167. The summed E-state index contributed by atoms with van der Waals surface area (Å²) in [4.78, 5) is 35.0. The normalized spacial score (nSPS) is 14.3. The quantitative estimate of drug-likeness (QED) is 0.324. The molecule has 0 radical (unpaired) electrons. The zero-order valence-electron chi connectivity index (χ0n) is 11.2. The highest BCUT2D eigenvalue weighted by Crippen LogP contribution is 2.43. The molecule has 0 bridgehead atoms. The third kappa shape index (κ3) is 3.32. The summed E-state index contributed by atoms with van der Waals surface area (Å²) >= 11 is 14.8. The van der Waals surface area contributed by atoms with Crippen molar-refractivity contribution in [1.82, 2.24) is 4.90 Å². The number of hydrogen-bond donors (Lipinski definition) is 2. The predicted octanol–water partition coefficient (Wildman–Crippen LogP) is 2.32. The molecule has 11 heteroatoms. The minimum absolute atomic E-state index is 0.0179. The summed E-state index contributed by atoms with van der Waals surface area (Å²) in [6.07, 6.45) is 0.983. The third-order valence-corrected chi connectivity index (χ3v) is 4.74. The second-order valence-electron chi connectivity index (χ2n) is 4.34. The van der Waals surface area contributed by atoms with Crippen LogP contribution in [0.1, 0.15) is 0 Å². The number of rotatable bonds is 5. The summed E-state index contributed by atoms with van der Waals surface area (Å²) in [5.74, 6) is -1.35. The van der Waals surface area contributed by atoms with Crippen LogP contribution in [0.3, 0.4) is 0 Å². The van der Waals surface area contributed by atoms with Crippen molar-refractivity contribution in [2.24, 2.45) is 0 Å². The molecule has 122 valence electrons. The number of halogens is 3. The minimum atomic E-state index is -0.712. The van der Waals surface area contributed by atoms with Crippen LogP contribution in [0, 0.1) is 10.1 Å². The molecule has 0 aliphatic carbocycles. The van der Waals surface area contributed by atoms with Gasteiger partial charge < -0.3 is 10.4 Å². The molecule has 2 amide bonds. The number of aliphatic hydroxyl groups excluding tert-OH is 1. The number of nitro benzene ring substituents is 1. The second-order valence-corrected chi connectivity index (χ2v) is 5.92. The zero-order valence-corrected chi connectivity index (χ0v) is 14.3. The molecule has 0 saturated carbocycles. The van der Waals surface area contributed by atoms with Gasteiger partial charge in [-0.1, -0.05) is 23.2 Å². The molecular weight excluding hydrogens is 417 g/mol. The van der Waals surface area contributed by atoms with E-state index in [9.17, 15) is 19.7 Å². The molecule has 8 nitrogen and oxygen atoms in total. The molecule has 2 rings (SSSR count). The van der Waals surface area contributed by atoms with Crippen molar-refractivity contribution in [3.63, 3.8) is 0 Å². The van der Waals surface area contributed by atoms with Crippen LogP contribution in [-0.4, -0.2) is 39.9 Å². The Hall–Kier alpha value is -1.68. The Bertz CT molecular complexity index is 753. The van der Waals surface area contributed by atoms with Gasteiger partial charge in [0.25, 0.3) is 17.5 Å². The Balaban J connectivity index is 2.43. The van der Waals surface area contributed by atoms with Gasteiger partial charge in [-0.15, -0.1) is 0 Å². The van der Waals surface area contributed by atoms with Crippen molar-refractivity contribution in [2.45, 2.75) is 0 Å². The maximum atomic E-state index is 12.1. The summed E-state index contributed by atoms with van der Waals surface area (Å²) in [5.41, 5.74) is -0.707. The van der Waals surface area contributed by atoms with E-state index < -0.39 is 29.0 Å². The lowest BCUT2D eigenvalue weighted by molar-refractivity contribution is -0.384. The lowest BCUT2D eigenvalue weighted by Gasteiger charge is -2.14. The van der Waals surface area contributed by atoms with Gasteiger partial charge in [-0.2, -0.15) is 0 Å². The van der Waals surface area contributed by atoms with E-state index in [0.29, 0.717) is 0 Å². The summed E-state index contributed by atoms with van der Waals surface area (Å²) in [6.45, 7) is -0.570. The largest absolute Gasteiger partial charge is 0.395 e. The van der Waals surface area contributed by atoms with E-state index in [1.807, 2.05) is 0 Å². The van der Waals surface area contributed by atoms with E-state index >= 15 is 0 Å². The van der Waals surface area contributed by atoms with E-state index in [0.717, 1.165) is 17.0 Å². The van der Waals surface area contributed by atoms with Gasteiger partial charge in [0.15, 0.2) is 0 Å². The molecule has 1 aliphatic heterocycles. The zero-order chi connectivity index (χ0) is 17.3. The van der Waals surface area contributed by atoms with E-state index in [1.165, 1.54) is 0 Å². The first-order chi connectivity index (χ1) is 10.8. The molecule has 0 unspecified atom stereocenters. The van der Waals surface area contributed by atoms with Crippen LogP contribution in [0.15, 0.2) is 22.3 Å². The topological polar surface area (TPSA) is 113 Å². The first-order valence-electron chi connectivity index (χ1n) is 6.05. The number of hydrogen-bond acceptors (Lipinski definition) is 6. The molecule has 2 N–H and O–H groups in total. The van der Waals surface area contributed by atoms with Crippen molar-refractivity contribution in [3.8, 4) is 0 Å². The number of nitrogens with one attached hydrogen (secondary N) is 1. The highest BCUT2D eigenvalue weighted by Gasteiger charge is 2.33. The number of imide groups is 1. The summed E-state index contributed by atoms with van der Waals surface area (Å²) in [7, 11) is 0. The predicted molar refractivity (Wildman–Crippen MR) is 86.3 cm³/mol. The SMILES string of the molecule is O=C1C=C(Nc2c([N+](=O)[O-])cc(Cl)c(Cl)c2Br)C(=O)N1CCO. The highest BCUT2D eigenvalue weighted by molar-refractivity contribution is 9.10. The van der Waals surface area contributed by atoms with Crippen molar-refractivity contribution in [1.29, 1.82) is 0 Å². The van der Waals surface area contributed by atoms with Crippen molar-refractivity contribution in [3.05, 3.63) is 42.5 Å². The number of amides is 2. The maximum Gasteiger partial charge on any atom is 0.295 e. The van der Waals surface area contributed by atoms with Gasteiger partial charge in [0, 0.05) is 12.1 Å². The molecule has 1 aromatic rings. The monoisotopic (exact) mass is 423 g/mol. The number of nitrogens with zero attached hydrogens (tertiary/aromatic N) is 2. The molecule has 0 spiro atoms. The molecular formula is C12H8BrCl2N3O5. The van der Waals surface area contributed by atoms with Crippen LogP contribution in [-0.2, 0) is 9.59 Å². The summed E-state index contributed by atoms with van der Waals surface area (Å²) in [5, 5.41) is 22.5. The van der Waals surface area contributed by atoms with Crippen LogP contribution in [0.2, 0.25) is 10.0 Å². The summed E-state index contributed by atoms with van der Waals surface area (Å²) < 4.78 is 0.0834. The van der Waals surface area contributed by atoms with E-state index in [2.05, 4.69) is 21.2 Å². The average molecular weight is 425 g/mol. The van der Waals surface area contributed by atoms with Crippen LogP contribution in [0.25, 0.3) is 0 Å². The lowest BCUT2D eigenvalue weighted by Crippen LogP contribution is -2.34. The Morgan fingerprint density at radius 2 is 2.04 bits per heavy atom. The number of anilines is 1. The number of carbonyl (C=O) groups is 2. The smallest absolute Gasteiger partial charge is 0.295 e. The number of carbonyl (C=O) groups excluding carboxylic acids is 2. The van der Waals surface area contributed by atoms with Gasteiger partial charge in [0.05, 0.1) is 32.6 Å². The fourth-order valence-corrected chi connectivity index (χ4v) is 2.87. The number of nitro groups is 1. The number of aliphatic hydroxyl groups is 1.